The van der Waals surface area contributed by atoms with Gasteiger partial charge in [-0.3, -0.25) is 4.79 Å². The number of amides is 1. The molecule has 1 amide bonds. The molecule has 0 bridgehead atoms. The van der Waals surface area contributed by atoms with Crippen LogP contribution in [0.15, 0.2) is 0 Å². The quantitative estimate of drug-likeness (QED) is 0.794. The lowest BCUT2D eigenvalue weighted by molar-refractivity contribution is -0.122. The Balaban J connectivity index is 2.19. The molecule has 0 saturated heterocycles. The van der Waals surface area contributed by atoms with Gasteiger partial charge in [-0.15, -0.1) is 0 Å². The van der Waals surface area contributed by atoms with E-state index < -0.39 is 0 Å². The molecule has 3 nitrogen and oxygen atoms in total. The number of hydrogen-bond acceptors (Lipinski definition) is 2. The van der Waals surface area contributed by atoms with Gasteiger partial charge >= 0.3 is 0 Å². The molecule has 17 heavy (non-hydrogen) atoms. The molecule has 0 unspecified atom stereocenters. The molecule has 0 atom stereocenters. The first kappa shape index (κ1) is 14.5. The normalized spacial score (nSPS) is 25.6. The zero-order valence-corrected chi connectivity index (χ0v) is 11.5. The van der Waals surface area contributed by atoms with Gasteiger partial charge in [0.1, 0.15) is 0 Å². The molecule has 0 radical (unpaired) electrons. The molecule has 0 heterocycles. The van der Waals surface area contributed by atoms with Crippen LogP contribution in [0.3, 0.4) is 0 Å². The summed E-state index contributed by atoms with van der Waals surface area (Å²) in [6.45, 7) is 6.77. The van der Waals surface area contributed by atoms with Crippen molar-refractivity contribution in [2.45, 2.75) is 65.3 Å². The van der Waals surface area contributed by atoms with Crippen LogP contribution >= 0.6 is 0 Å². The first-order valence-corrected chi connectivity index (χ1v) is 6.81. The van der Waals surface area contributed by atoms with Crippen molar-refractivity contribution in [3.63, 3.8) is 0 Å². The minimum absolute atomic E-state index is 0.187. The van der Waals surface area contributed by atoms with Gasteiger partial charge in [0.15, 0.2) is 0 Å². The fourth-order valence-electron chi connectivity index (χ4n) is 2.28. The third-order valence-electron chi connectivity index (χ3n) is 3.57. The smallest absolute Gasteiger partial charge is 0.220 e. The van der Waals surface area contributed by atoms with Gasteiger partial charge in [0.05, 0.1) is 0 Å². The van der Waals surface area contributed by atoms with E-state index in [9.17, 15) is 4.79 Å². The highest BCUT2D eigenvalue weighted by Gasteiger charge is 2.22. The SMILES string of the molecule is CC(C)(C)CCC(=O)NC1CCC(CO)CC1. The number of carbonyl (C=O) groups is 1. The Labute approximate surface area is 105 Å². The van der Waals surface area contributed by atoms with Crippen LogP contribution in [0, 0.1) is 11.3 Å². The topological polar surface area (TPSA) is 49.3 Å². The predicted octanol–water partition coefficient (Wildman–Crippen LogP) is 2.48. The van der Waals surface area contributed by atoms with Crippen LogP contribution < -0.4 is 5.32 Å². The molecule has 0 aliphatic heterocycles. The van der Waals surface area contributed by atoms with Gasteiger partial charge in [-0.05, 0) is 43.4 Å². The molecule has 0 spiro atoms. The Hall–Kier alpha value is -0.570. The second-order valence-electron chi connectivity index (χ2n) is 6.53. The molecule has 3 heteroatoms. The van der Waals surface area contributed by atoms with Gasteiger partial charge in [0, 0.05) is 19.1 Å². The van der Waals surface area contributed by atoms with Crippen molar-refractivity contribution < 1.29 is 9.90 Å². The molecule has 1 aliphatic carbocycles. The van der Waals surface area contributed by atoms with E-state index >= 15 is 0 Å². The number of rotatable bonds is 4. The van der Waals surface area contributed by atoms with E-state index in [0.717, 1.165) is 32.1 Å². The van der Waals surface area contributed by atoms with E-state index in [1.807, 2.05) is 0 Å². The zero-order chi connectivity index (χ0) is 12.9. The predicted molar refractivity (Wildman–Crippen MR) is 69.7 cm³/mol. The summed E-state index contributed by atoms with van der Waals surface area (Å²) in [6.07, 6.45) is 5.69. The van der Waals surface area contributed by atoms with Crippen molar-refractivity contribution in [1.82, 2.24) is 5.32 Å². The highest BCUT2D eigenvalue weighted by atomic mass is 16.3. The van der Waals surface area contributed by atoms with Gasteiger partial charge < -0.3 is 10.4 Å². The summed E-state index contributed by atoms with van der Waals surface area (Å²) in [7, 11) is 0. The second-order valence-corrected chi connectivity index (χ2v) is 6.53. The van der Waals surface area contributed by atoms with Crippen LogP contribution in [-0.4, -0.2) is 23.7 Å². The molecule has 100 valence electrons. The summed E-state index contributed by atoms with van der Waals surface area (Å²) in [4.78, 5) is 11.7. The molecule has 1 fully saturated rings. The van der Waals surface area contributed by atoms with Crippen LogP contribution in [0.4, 0.5) is 0 Å². The summed E-state index contributed by atoms with van der Waals surface area (Å²) in [5.41, 5.74) is 0.228. The minimum Gasteiger partial charge on any atom is -0.396 e. The van der Waals surface area contributed by atoms with Crippen molar-refractivity contribution >= 4 is 5.91 Å². The van der Waals surface area contributed by atoms with Gasteiger partial charge in [-0.2, -0.15) is 0 Å². The maximum Gasteiger partial charge on any atom is 0.220 e. The number of nitrogens with one attached hydrogen (secondary N) is 1. The third kappa shape index (κ3) is 6.06. The Kier molecular flexibility index (Phi) is 5.44. The van der Waals surface area contributed by atoms with Crippen molar-refractivity contribution in [1.29, 1.82) is 0 Å². The van der Waals surface area contributed by atoms with Crippen molar-refractivity contribution in [2.24, 2.45) is 11.3 Å². The summed E-state index contributed by atoms with van der Waals surface area (Å²) < 4.78 is 0. The molecule has 1 rings (SSSR count). The van der Waals surface area contributed by atoms with Crippen LogP contribution in [0.25, 0.3) is 0 Å². The van der Waals surface area contributed by atoms with Crippen LogP contribution in [0.5, 0.6) is 0 Å². The van der Waals surface area contributed by atoms with Crippen molar-refractivity contribution in [3.05, 3.63) is 0 Å². The first-order valence-electron chi connectivity index (χ1n) is 6.81. The Bertz CT molecular complexity index is 237. The first-order chi connectivity index (χ1) is 7.90. The lowest BCUT2D eigenvalue weighted by Crippen LogP contribution is -2.38. The van der Waals surface area contributed by atoms with E-state index in [1.54, 1.807) is 0 Å². The fourth-order valence-corrected chi connectivity index (χ4v) is 2.28. The lowest BCUT2D eigenvalue weighted by Gasteiger charge is -2.28. The zero-order valence-electron chi connectivity index (χ0n) is 11.5. The maximum absolute atomic E-state index is 11.7. The summed E-state index contributed by atoms with van der Waals surface area (Å²) in [5, 5.41) is 12.2. The van der Waals surface area contributed by atoms with Crippen LogP contribution in [-0.2, 0) is 4.79 Å². The number of aliphatic hydroxyl groups is 1. The van der Waals surface area contributed by atoms with Gasteiger partial charge in [0.2, 0.25) is 5.91 Å². The summed E-state index contributed by atoms with van der Waals surface area (Å²) in [6, 6.07) is 0.338. The Morgan fingerprint density at radius 2 is 1.82 bits per heavy atom. The molecular weight excluding hydrogens is 214 g/mol. The van der Waals surface area contributed by atoms with Crippen molar-refractivity contribution in [2.75, 3.05) is 6.61 Å². The largest absolute Gasteiger partial charge is 0.396 e. The van der Waals surface area contributed by atoms with Crippen LogP contribution in [0.1, 0.15) is 59.3 Å². The lowest BCUT2D eigenvalue weighted by atomic mass is 9.86. The fraction of sp³-hybridized carbons (Fsp3) is 0.929. The highest BCUT2D eigenvalue weighted by Crippen LogP contribution is 2.24. The summed E-state index contributed by atoms with van der Waals surface area (Å²) >= 11 is 0. The molecule has 2 N–H and O–H groups in total. The molecule has 1 aliphatic rings. The average Bonchev–Trinajstić information content (AvgIpc) is 2.27. The standard InChI is InChI=1S/C14H27NO2/c1-14(2,3)9-8-13(17)15-12-6-4-11(10-16)5-7-12/h11-12,16H,4-10H2,1-3H3,(H,15,17). The van der Waals surface area contributed by atoms with E-state index in [2.05, 4.69) is 26.1 Å². The maximum atomic E-state index is 11.7. The van der Waals surface area contributed by atoms with Crippen molar-refractivity contribution in [3.8, 4) is 0 Å². The van der Waals surface area contributed by atoms with E-state index in [-0.39, 0.29) is 11.3 Å². The number of aliphatic hydroxyl groups excluding tert-OH is 1. The van der Waals surface area contributed by atoms with Gasteiger partial charge in [-0.25, -0.2) is 0 Å². The van der Waals surface area contributed by atoms with E-state index in [0.29, 0.717) is 25.0 Å². The van der Waals surface area contributed by atoms with Gasteiger partial charge in [-0.1, -0.05) is 20.8 Å². The Morgan fingerprint density at radius 3 is 2.29 bits per heavy atom. The monoisotopic (exact) mass is 241 g/mol. The third-order valence-corrected chi connectivity index (χ3v) is 3.57. The molecule has 0 aromatic rings. The second kappa shape index (κ2) is 6.39. The summed E-state index contributed by atoms with van der Waals surface area (Å²) in [5.74, 6) is 0.644. The Morgan fingerprint density at radius 1 is 1.24 bits per heavy atom. The average molecular weight is 241 g/mol. The van der Waals surface area contributed by atoms with Gasteiger partial charge in [0.25, 0.3) is 0 Å². The minimum atomic E-state index is 0.187. The van der Waals surface area contributed by atoms with E-state index in [4.69, 9.17) is 5.11 Å². The molecule has 1 saturated carbocycles. The molecule has 0 aromatic carbocycles. The highest BCUT2D eigenvalue weighted by molar-refractivity contribution is 5.76. The molecular formula is C14H27NO2. The van der Waals surface area contributed by atoms with E-state index in [1.165, 1.54) is 0 Å². The number of hydrogen-bond donors (Lipinski definition) is 2. The van der Waals surface area contributed by atoms with Crippen LogP contribution in [0.2, 0.25) is 0 Å². The molecule has 0 aromatic heterocycles. The number of carbonyl (C=O) groups excluding carboxylic acids is 1.